The molecule has 1 fully saturated rings. The van der Waals surface area contributed by atoms with Crippen LogP contribution in [-0.4, -0.2) is 54.2 Å². The summed E-state index contributed by atoms with van der Waals surface area (Å²) in [4.78, 5) is 26.8. The largest absolute Gasteiger partial charge is 0.507 e. The number of phenolic OH excluding ortho intramolecular Hbond substituents is 1. The molecule has 0 bridgehead atoms. The van der Waals surface area contributed by atoms with Gasteiger partial charge in [0.1, 0.15) is 5.76 Å². The number of aromatic hydroxyl groups is 1. The Morgan fingerprint density at radius 2 is 1.83 bits per heavy atom. The van der Waals surface area contributed by atoms with Gasteiger partial charge in [0.05, 0.1) is 25.3 Å². The van der Waals surface area contributed by atoms with E-state index in [1.807, 2.05) is 0 Å². The summed E-state index contributed by atoms with van der Waals surface area (Å²) in [6.45, 7) is 0.353. The van der Waals surface area contributed by atoms with E-state index in [0.29, 0.717) is 16.1 Å². The van der Waals surface area contributed by atoms with Crippen LogP contribution in [0.1, 0.15) is 17.2 Å². The highest BCUT2D eigenvalue weighted by molar-refractivity contribution is 6.46. The average Bonchev–Trinajstić information content (AvgIpc) is 2.97. The van der Waals surface area contributed by atoms with E-state index in [-0.39, 0.29) is 36.0 Å². The Morgan fingerprint density at radius 1 is 1.14 bits per heavy atom. The van der Waals surface area contributed by atoms with Crippen molar-refractivity contribution in [3.8, 4) is 11.5 Å². The number of amides is 1. The minimum absolute atomic E-state index is 0.0545. The quantitative estimate of drug-likeness (QED) is 0.426. The molecule has 0 unspecified atom stereocenters. The Labute approximate surface area is 172 Å². The number of aliphatic hydroxyl groups excluding tert-OH is 1. The lowest BCUT2D eigenvalue weighted by Gasteiger charge is -2.25. The third-order valence-corrected chi connectivity index (χ3v) is 4.97. The fraction of sp³-hybridized carbons (Fsp3) is 0.238. The van der Waals surface area contributed by atoms with E-state index in [0.717, 1.165) is 0 Å². The number of likely N-dealkylation sites (tertiary alicyclic amines) is 1. The molecule has 0 saturated carbocycles. The van der Waals surface area contributed by atoms with Gasteiger partial charge in [-0.15, -0.1) is 0 Å². The summed E-state index contributed by atoms with van der Waals surface area (Å²) in [7, 11) is 2.89. The molecule has 0 aliphatic carbocycles. The summed E-state index contributed by atoms with van der Waals surface area (Å²) in [6, 6.07) is 9.93. The summed E-state index contributed by atoms with van der Waals surface area (Å²) in [5.74, 6) is -1.74. The maximum Gasteiger partial charge on any atom is 0.295 e. The summed E-state index contributed by atoms with van der Waals surface area (Å²) in [5.41, 5.74) is 0.807. The molecule has 1 aliphatic rings. The molecule has 1 saturated heterocycles. The van der Waals surface area contributed by atoms with Crippen LogP contribution in [0.5, 0.6) is 11.5 Å². The van der Waals surface area contributed by atoms with E-state index in [9.17, 15) is 19.8 Å². The van der Waals surface area contributed by atoms with Gasteiger partial charge in [0.15, 0.2) is 11.5 Å². The summed E-state index contributed by atoms with van der Waals surface area (Å²) >= 11 is 5.90. The molecule has 152 valence electrons. The first kappa shape index (κ1) is 20.7. The molecule has 2 aromatic rings. The number of ether oxygens (including phenoxy) is 2. The van der Waals surface area contributed by atoms with E-state index in [1.54, 1.807) is 30.3 Å². The molecule has 0 radical (unpaired) electrons. The SMILES string of the molecule is COCCN1C(=O)C(=O)C(=C(O)c2ccc(Cl)cc2)[C@H]1c1ccc(O)c(OC)c1. The highest BCUT2D eigenvalue weighted by atomic mass is 35.5. The zero-order valence-corrected chi connectivity index (χ0v) is 16.6. The smallest absolute Gasteiger partial charge is 0.295 e. The molecule has 29 heavy (non-hydrogen) atoms. The fourth-order valence-electron chi connectivity index (χ4n) is 3.27. The number of Topliss-reactive ketones (excluding diaryl/α,β-unsaturated/α-hetero) is 1. The number of carbonyl (C=O) groups is 2. The minimum Gasteiger partial charge on any atom is -0.507 e. The van der Waals surface area contributed by atoms with Gasteiger partial charge in [0.2, 0.25) is 0 Å². The third kappa shape index (κ3) is 3.92. The standard InChI is InChI=1S/C21H20ClNO6/c1-28-10-9-23-18(13-5-8-15(24)16(11-13)29-2)17(20(26)21(23)27)19(25)12-3-6-14(22)7-4-12/h3-8,11,18,24-25H,9-10H2,1-2H3/t18-/m1/s1. The number of phenols is 1. The molecule has 3 rings (SSSR count). The second-order valence-electron chi connectivity index (χ2n) is 6.42. The van der Waals surface area contributed by atoms with Crippen LogP contribution in [0.15, 0.2) is 48.0 Å². The van der Waals surface area contributed by atoms with Crippen molar-refractivity contribution < 1.29 is 29.3 Å². The van der Waals surface area contributed by atoms with Gasteiger partial charge in [-0.3, -0.25) is 9.59 Å². The summed E-state index contributed by atoms with van der Waals surface area (Å²) in [5, 5.41) is 21.3. The monoisotopic (exact) mass is 417 g/mol. The van der Waals surface area contributed by atoms with Gasteiger partial charge in [-0.25, -0.2) is 0 Å². The van der Waals surface area contributed by atoms with Crippen molar-refractivity contribution in [3.63, 3.8) is 0 Å². The molecule has 8 heteroatoms. The predicted molar refractivity (Wildman–Crippen MR) is 107 cm³/mol. The van der Waals surface area contributed by atoms with Gasteiger partial charge < -0.3 is 24.6 Å². The Bertz CT molecular complexity index is 970. The predicted octanol–water partition coefficient (Wildman–Crippen LogP) is 3.12. The molecule has 1 atom stereocenters. The number of benzene rings is 2. The maximum absolute atomic E-state index is 12.8. The van der Waals surface area contributed by atoms with Crippen molar-refractivity contribution in [3.05, 3.63) is 64.2 Å². The molecule has 2 N–H and O–H groups in total. The molecule has 0 aromatic heterocycles. The number of methoxy groups -OCH3 is 2. The number of hydrogen-bond donors (Lipinski definition) is 2. The van der Waals surface area contributed by atoms with Crippen molar-refractivity contribution in [2.75, 3.05) is 27.4 Å². The molecule has 7 nitrogen and oxygen atoms in total. The van der Waals surface area contributed by atoms with Crippen LogP contribution in [0.25, 0.3) is 5.76 Å². The second-order valence-corrected chi connectivity index (χ2v) is 6.86. The zero-order chi connectivity index (χ0) is 21.1. The van der Waals surface area contributed by atoms with E-state index >= 15 is 0 Å². The number of ketones is 1. The molecule has 0 spiro atoms. The van der Waals surface area contributed by atoms with Crippen LogP contribution < -0.4 is 4.74 Å². The molecular weight excluding hydrogens is 398 g/mol. The topological polar surface area (TPSA) is 96.3 Å². The second kappa shape index (κ2) is 8.55. The Kier molecular flexibility index (Phi) is 6.10. The fourth-order valence-corrected chi connectivity index (χ4v) is 3.40. The third-order valence-electron chi connectivity index (χ3n) is 4.71. The molecular formula is C21H20ClNO6. The molecule has 1 heterocycles. The Balaban J connectivity index is 2.18. The van der Waals surface area contributed by atoms with Gasteiger partial charge in [-0.2, -0.15) is 0 Å². The number of nitrogens with zero attached hydrogens (tertiary/aromatic N) is 1. The van der Waals surface area contributed by atoms with Crippen LogP contribution in [0, 0.1) is 0 Å². The normalized spacial score (nSPS) is 18.3. The first-order chi connectivity index (χ1) is 13.9. The number of rotatable bonds is 6. The highest BCUT2D eigenvalue weighted by Gasteiger charge is 2.46. The van der Waals surface area contributed by atoms with Gasteiger partial charge in [0.25, 0.3) is 11.7 Å². The van der Waals surface area contributed by atoms with E-state index in [2.05, 4.69) is 0 Å². The van der Waals surface area contributed by atoms with E-state index in [1.165, 1.54) is 31.3 Å². The van der Waals surface area contributed by atoms with Crippen LogP contribution in [0.2, 0.25) is 5.02 Å². The van der Waals surface area contributed by atoms with Crippen molar-refractivity contribution >= 4 is 29.1 Å². The van der Waals surface area contributed by atoms with Crippen molar-refractivity contribution in [2.45, 2.75) is 6.04 Å². The Morgan fingerprint density at radius 3 is 2.45 bits per heavy atom. The van der Waals surface area contributed by atoms with Crippen molar-refractivity contribution in [2.24, 2.45) is 0 Å². The van der Waals surface area contributed by atoms with Gasteiger partial charge in [-0.05, 0) is 42.0 Å². The molecule has 1 aliphatic heterocycles. The Hall–Kier alpha value is -3.03. The first-order valence-electron chi connectivity index (χ1n) is 8.79. The zero-order valence-electron chi connectivity index (χ0n) is 15.9. The molecule has 2 aromatic carbocycles. The van der Waals surface area contributed by atoms with Crippen LogP contribution in [0.4, 0.5) is 0 Å². The van der Waals surface area contributed by atoms with E-state index < -0.39 is 17.7 Å². The van der Waals surface area contributed by atoms with Crippen LogP contribution in [0.3, 0.4) is 0 Å². The molecule has 1 amide bonds. The van der Waals surface area contributed by atoms with Gasteiger partial charge in [-0.1, -0.05) is 17.7 Å². The van der Waals surface area contributed by atoms with Crippen molar-refractivity contribution in [1.82, 2.24) is 4.90 Å². The van der Waals surface area contributed by atoms with E-state index in [4.69, 9.17) is 21.1 Å². The highest BCUT2D eigenvalue weighted by Crippen LogP contribution is 2.41. The average molecular weight is 418 g/mol. The van der Waals surface area contributed by atoms with Crippen LogP contribution >= 0.6 is 11.6 Å². The first-order valence-corrected chi connectivity index (χ1v) is 9.17. The van der Waals surface area contributed by atoms with Crippen LogP contribution in [-0.2, 0) is 14.3 Å². The lowest BCUT2D eigenvalue weighted by atomic mass is 9.95. The van der Waals surface area contributed by atoms with Gasteiger partial charge in [0, 0.05) is 24.2 Å². The summed E-state index contributed by atoms with van der Waals surface area (Å²) < 4.78 is 10.2. The number of hydrogen-bond acceptors (Lipinski definition) is 6. The lowest BCUT2D eigenvalue weighted by Crippen LogP contribution is -2.32. The lowest BCUT2D eigenvalue weighted by molar-refractivity contribution is -0.140. The van der Waals surface area contributed by atoms with Gasteiger partial charge >= 0.3 is 0 Å². The number of halogens is 1. The van der Waals surface area contributed by atoms with Crippen molar-refractivity contribution in [1.29, 1.82) is 0 Å². The maximum atomic E-state index is 12.8. The minimum atomic E-state index is -0.865. The summed E-state index contributed by atoms with van der Waals surface area (Å²) in [6.07, 6.45) is 0. The number of carbonyl (C=O) groups excluding carboxylic acids is 2. The number of aliphatic hydroxyl groups is 1.